The van der Waals surface area contributed by atoms with Crippen molar-refractivity contribution in [1.29, 1.82) is 0 Å². The summed E-state index contributed by atoms with van der Waals surface area (Å²) in [5.41, 5.74) is -2.23. The highest BCUT2D eigenvalue weighted by molar-refractivity contribution is 7.87. The Morgan fingerprint density at radius 2 is 0.642 bits per heavy atom. The van der Waals surface area contributed by atoms with Crippen LogP contribution >= 0.6 is 0 Å². The fourth-order valence-corrected chi connectivity index (χ4v) is 20.0. The molecule has 3 aliphatic carbocycles. The zero-order chi connectivity index (χ0) is 88.9. The second-order valence-electron chi connectivity index (χ2n) is 33.2. The minimum Gasteiger partial charge on any atom is -0.743 e. The number of fused-ring (bicyclic) bond motifs is 3. The molecule has 120 heavy (non-hydrogen) atoms. The van der Waals surface area contributed by atoms with Gasteiger partial charge in [0.1, 0.15) is 88.9 Å². The molecule has 3 saturated carbocycles. The first kappa shape index (κ1) is 95.1. The highest BCUT2D eigenvalue weighted by Gasteiger charge is 2.75. The molecule has 9 aliphatic heterocycles. The predicted molar refractivity (Wildman–Crippen MR) is 379 cm³/mol. The van der Waals surface area contributed by atoms with Gasteiger partial charge in [-0.3, -0.25) is 57.5 Å². The minimum atomic E-state index is -6.09. The third kappa shape index (κ3) is 19.4. The van der Waals surface area contributed by atoms with Crippen LogP contribution in [0.4, 0.5) is 26.3 Å². The first-order valence-electron chi connectivity index (χ1n) is 40.2. The van der Waals surface area contributed by atoms with Crippen molar-refractivity contribution in [3.8, 4) is 0 Å². The minimum absolute atomic E-state index is 0.155. The molecule has 36 nitrogen and oxygen atoms in total. The number of halogens is 6. The summed E-state index contributed by atoms with van der Waals surface area (Å²) >= 11 is 0. The summed E-state index contributed by atoms with van der Waals surface area (Å²) in [6.07, 6.45) is -7.06. The molecular formula is C75H99F6O36S3-3. The van der Waals surface area contributed by atoms with Crippen LogP contribution in [0.15, 0.2) is 0 Å². The fourth-order valence-electron chi connectivity index (χ4n) is 18.7. The second-order valence-corrected chi connectivity index (χ2v) is 37.5. The molecule has 0 aromatic rings. The van der Waals surface area contributed by atoms with Gasteiger partial charge < -0.3 is 84.7 Å². The van der Waals surface area contributed by atoms with Crippen molar-refractivity contribution >= 4 is 102 Å². The molecule has 0 aromatic carbocycles. The van der Waals surface area contributed by atoms with E-state index in [2.05, 4.69) is 14.2 Å². The normalized spacial score (nSPS) is 31.4. The van der Waals surface area contributed by atoms with Crippen molar-refractivity contribution in [3.05, 3.63) is 0 Å². The van der Waals surface area contributed by atoms with E-state index in [0.29, 0.717) is 40.0 Å². The number of alkyl halides is 6. The van der Waals surface area contributed by atoms with E-state index in [1.807, 2.05) is 41.5 Å². The third-order valence-corrected chi connectivity index (χ3v) is 28.6. The van der Waals surface area contributed by atoms with Gasteiger partial charge in [-0.15, -0.1) is 0 Å². The molecule has 45 heteroatoms. The van der Waals surface area contributed by atoms with Gasteiger partial charge >= 0.3 is 87.4 Å². The standard InChI is InChI=1S/C26H36F2O12S.C25H34F2O12S.C24H32F2O12S/c1-4-25(5-2,14-9-7-6-8-10-14)40-24(32)18-17-19-22(39-23(17)31)21(20(18)38-19)37-16(30)12-11-15(29)36-13(3)26(27,28)41(33,34)35;1-4-24(3,13-8-6-5-7-9-13)39-23(31)17-16-18-21(38-22(16)30)20(19(17)37-18)36-15(29)11-10-14(28)35-12(2)25(26,27)40(32,33)34;1-11(24(25,26)39(31,32)33)34-13(27)9-10-14(28)35-19-18-16(15-17(36-18)20(19)37-21(15)29)22(30)38-23(2,3)12-7-5-4-6-8-12/h13-14,17-22H,4-12H2,1-3H3,(H,33,34,35);12-13,16-21H,4-11H2,1-3H3,(H,32,33,34);11-12,15-20H,4-10H2,1-3H3,(H,31,32,33)/p-3. The molecule has 6 bridgehead atoms. The lowest BCUT2D eigenvalue weighted by Crippen LogP contribution is -2.51. The Bertz CT molecular complexity index is 4240. The van der Waals surface area contributed by atoms with E-state index in [9.17, 15) is 123 Å². The summed E-state index contributed by atoms with van der Waals surface area (Å²) < 4.78 is 258. The van der Waals surface area contributed by atoms with Gasteiger partial charge in [-0.2, -0.15) is 26.3 Å². The molecule has 12 rings (SSSR count). The molecule has 9 saturated heterocycles. The SMILES string of the molecule is CC(OC(=O)CCC(=O)OC1C2OC(=O)C3C2OC1C3C(=O)OC(C)(C)C1CCCCC1)C(F)(F)S(=O)(=O)[O-].CCC(C)(OC(=O)C1C2OC3C(OC(=O)C31)C2OC(=O)CCC(=O)OC(C)C(F)(F)S(=O)(=O)[O-])C1CCCCC1.CCC(CC)(OC(=O)C1C2OC3C(OC(=O)C31)C2OC(=O)CCC(=O)OC(C)C(F)(F)S(=O)(=O)[O-])C1CCCCC1. The van der Waals surface area contributed by atoms with Crippen LogP contribution in [-0.2, 0) is 159 Å². The van der Waals surface area contributed by atoms with Crippen molar-refractivity contribution in [2.24, 2.45) is 53.3 Å². The highest BCUT2D eigenvalue weighted by atomic mass is 32.2. The number of carbonyl (C=O) groups excluding carboxylic acids is 12. The Balaban J connectivity index is 0.000000189. The molecule has 0 aromatic heterocycles. The van der Waals surface area contributed by atoms with E-state index < -0.39 is 300 Å². The van der Waals surface area contributed by atoms with E-state index in [1.54, 1.807) is 0 Å². The van der Waals surface area contributed by atoms with Crippen molar-refractivity contribution in [2.75, 3.05) is 0 Å². The van der Waals surface area contributed by atoms with E-state index in [4.69, 9.17) is 56.8 Å². The van der Waals surface area contributed by atoms with E-state index in [1.165, 1.54) is 0 Å². The van der Waals surface area contributed by atoms with Gasteiger partial charge in [0.2, 0.25) is 0 Å². The lowest BCUT2D eigenvalue weighted by Gasteiger charge is -2.42. The first-order chi connectivity index (χ1) is 55.8. The van der Waals surface area contributed by atoms with Gasteiger partial charge in [0.05, 0.1) is 38.5 Å². The summed E-state index contributed by atoms with van der Waals surface area (Å²) in [6.45, 7) is 13.0. The topological polar surface area (TPSA) is 515 Å². The van der Waals surface area contributed by atoms with E-state index in [-0.39, 0.29) is 17.8 Å². The van der Waals surface area contributed by atoms with Crippen LogP contribution in [0.25, 0.3) is 0 Å². The van der Waals surface area contributed by atoms with Crippen molar-refractivity contribution in [2.45, 2.75) is 341 Å². The van der Waals surface area contributed by atoms with E-state index >= 15 is 0 Å². The average Bonchev–Trinajstić information content (AvgIpc) is 1.56. The molecule has 22 unspecified atom stereocenters. The Kier molecular flexibility index (Phi) is 29.0. The quantitative estimate of drug-likeness (QED) is 0.0317. The largest absolute Gasteiger partial charge is 0.743 e. The summed E-state index contributed by atoms with van der Waals surface area (Å²) in [4.78, 5) is 151. The van der Waals surface area contributed by atoms with Crippen molar-refractivity contribution in [1.82, 2.24) is 0 Å². The molecule has 678 valence electrons. The summed E-state index contributed by atoms with van der Waals surface area (Å²) in [6, 6.07) is 0. The lowest BCUT2D eigenvalue weighted by molar-refractivity contribution is -0.181. The Labute approximate surface area is 686 Å². The second kappa shape index (κ2) is 36.6. The molecule has 0 N–H and O–H groups in total. The maximum absolute atomic E-state index is 13.6. The maximum Gasteiger partial charge on any atom is 0.369 e. The number of ether oxygens (including phenoxy) is 15. The highest BCUT2D eigenvalue weighted by Crippen LogP contribution is 2.56. The first-order valence-corrected chi connectivity index (χ1v) is 44.5. The number of rotatable bonds is 33. The van der Waals surface area contributed by atoms with Crippen LogP contribution in [0.1, 0.15) is 216 Å². The monoisotopic (exact) mass is 1790 g/mol. The summed E-state index contributed by atoms with van der Waals surface area (Å²) in [5, 5.41) is -14.6. The molecule has 0 amide bonds. The molecule has 0 spiro atoms. The van der Waals surface area contributed by atoms with Gasteiger partial charge in [0.25, 0.3) is 0 Å². The lowest BCUT2D eigenvalue weighted by atomic mass is 9.73. The van der Waals surface area contributed by atoms with Gasteiger partial charge in [-0.25, -0.2) is 25.3 Å². The zero-order valence-electron chi connectivity index (χ0n) is 67.0. The molecule has 12 fully saturated rings. The van der Waals surface area contributed by atoms with Crippen LogP contribution in [0.5, 0.6) is 0 Å². The van der Waals surface area contributed by atoms with Crippen LogP contribution in [0, 0.1) is 53.3 Å². The fraction of sp³-hybridized carbons (Fsp3) is 0.840. The van der Waals surface area contributed by atoms with Crippen LogP contribution in [0.2, 0.25) is 0 Å². The molecule has 12 aliphatic rings. The number of hydrogen-bond acceptors (Lipinski definition) is 36. The van der Waals surface area contributed by atoms with Gasteiger partial charge in [0, 0.05) is 0 Å². The van der Waals surface area contributed by atoms with Gasteiger partial charge in [0.15, 0.2) is 85.3 Å². The number of esters is 12. The molecule has 22 atom stereocenters. The maximum atomic E-state index is 13.6. The Hall–Kier alpha value is -7.17. The Morgan fingerprint density at radius 3 is 0.925 bits per heavy atom. The van der Waals surface area contributed by atoms with Crippen LogP contribution < -0.4 is 0 Å². The Morgan fingerprint density at radius 1 is 0.375 bits per heavy atom. The van der Waals surface area contributed by atoms with Crippen molar-refractivity contribution < 1.29 is 194 Å². The molecular weight excluding hydrogens is 1690 g/mol. The number of hydrogen-bond donors (Lipinski definition) is 0. The van der Waals surface area contributed by atoms with Crippen molar-refractivity contribution in [3.63, 3.8) is 0 Å². The van der Waals surface area contributed by atoms with Crippen LogP contribution in [-0.4, -0.2) is 235 Å². The summed E-state index contributed by atoms with van der Waals surface area (Å²) in [7, 11) is -18.3. The number of carbonyl (C=O) groups is 12. The third-order valence-electron chi connectivity index (χ3n) is 25.6. The predicted octanol–water partition coefficient (Wildman–Crippen LogP) is 5.94. The molecule has 0 radical (unpaired) electrons. The zero-order valence-corrected chi connectivity index (χ0v) is 69.5. The molecule has 9 heterocycles. The van der Waals surface area contributed by atoms with Gasteiger partial charge in [-0.05, 0) is 117 Å². The smallest absolute Gasteiger partial charge is 0.369 e. The summed E-state index contributed by atoms with van der Waals surface area (Å²) in [5.74, 6) is -16.4. The van der Waals surface area contributed by atoms with E-state index in [0.717, 1.165) is 96.3 Å². The van der Waals surface area contributed by atoms with Gasteiger partial charge in [-0.1, -0.05) is 78.6 Å². The van der Waals surface area contributed by atoms with Crippen LogP contribution in [0.3, 0.4) is 0 Å². The average molecular weight is 1790 g/mol.